The Morgan fingerprint density at radius 2 is 2.16 bits per heavy atom. The second kappa shape index (κ2) is 7.17. The van der Waals surface area contributed by atoms with Crippen LogP contribution < -0.4 is 5.32 Å². The molecule has 0 amide bonds. The van der Waals surface area contributed by atoms with Crippen LogP contribution in [-0.4, -0.2) is 34.5 Å². The molecule has 1 aromatic carbocycles. The molecule has 4 heteroatoms. The van der Waals surface area contributed by atoms with Gasteiger partial charge in [-0.25, -0.2) is 0 Å². The summed E-state index contributed by atoms with van der Waals surface area (Å²) in [6, 6.07) is 10.4. The first-order chi connectivity index (χ1) is 9.22. The van der Waals surface area contributed by atoms with E-state index in [-0.39, 0.29) is 17.4 Å². The van der Waals surface area contributed by atoms with E-state index in [0.717, 1.165) is 19.6 Å². The van der Waals surface area contributed by atoms with Gasteiger partial charge in [0, 0.05) is 29.2 Å². The monoisotopic (exact) mass is 281 g/mol. The molecule has 4 atom stereocenters. The van der Waals surface area contributed by atoms with Crippen LogP contribution in [0.15, 0.2) is 30.3 Å². The summed E-state index contributed by atoms with van der Waals surface area (Å²) in [7, 11) is -0.845. The minimum absolute atomic E-state index is 0.124. The first-order valence-electron chi connectivity index (χ1n) is 6.99. The van der Waals surface area contributed by atoms with Crippen LogP contribution in [0, 0.1) is 0 Å². The highest BCUT2D eigenvalue weighted by Gasteiger charge is 2.30. The summed E-state index contributed by atoms with van der Waals surface area (Å²) in [5, 5.41) is 3.62. The van der Waals surface area contributed by atoms with Gasteiger partial charge in [-0.05, 0) is 25.5 Å². The van der Waals surface area contributed by atoms with Gasteiger partial charge in [0.25, 0.3) is 0 Å². The Hall–Kier alpha value is -0.710. The van der Waals surface area contributed by atoms with Gasteiger partial charge in [0.1, 0.15) is 0 Å². The lowest BCUT2D eigenvalue weighted by Gasteiger charge is -2.21. The standard InChI is InChI=1S/C15H23NO2S/c1-3-16-14(13-7-5-4-6-8-13)11-19(17)15-9-10-18-12(15)2/h4-8,12,14-16H,3,9-11H2,1-2H3. The zero-order valence-corrected chi connectivity index (χ0v) is 12.5. The van der Waals surface area contributed by atoms with E-state index in [4.69, 9.17) is 4.74 Å². The fraction of sp³-hybridized carbons (Fsp3) is 0.600. The van der Waals surface area contributed by atoms with Crippen molar-refractivity contribution in [2.24, 2.45) is 0 Å². The predicted molar refractivity (Wildman–Crippen MR) is 79.7 cm³/mol. The van der Waals surface area contributed by atoms with Gasteiger partial charge in [-0.2, -0.15) is 0 Å². The normalized spacial score (nSPS) is 26.2. The minimum atomic E-state index is -0.845. The molecular formula is C15H23NO2S. The highest BCUT2D eigenvalue weighted by Crippen LogP contribution is 2.22. The molecule has 2 rings (SSSR count). The molecule has 3 nitrogen and oxygen atoms in total. The van der Waals surface area contributed by atoms with Crippen LogP contribution in [0.4, 0.5) is 0 Å². The van der Waals surface area contributed by atoms with Gasteiger partial charge in [-0.15, -0.1) is 0 Å². The molecule has 1 aliphatic rings. The first kappa shape index (κ1) is 14.7. The Morgan fingerprint density at radius 3 is 2.74 bits per heavy atom. The van der Waals surface area contributed by atoms with Crippen LogP contribution in [-0.2, 0) is 15.5 Å². The van der Waals surface area contributed by atoms with Gasteiger partial charge < -0.3 is 10.1 Å². The lowest BCUT2D eigenvalue weighted by atomic mass is 10.1. The number of nitrogens with one attached hydrogen (secondary N) is 1. The second-order valence-electron chi connectivity index (χ2n) is 4.97. The Kier molecular flexibility index (Phi) is 5.55. The van der Waals surface area contributed by atoms with Crippen molar-refractivity contribution in [3.8, 4) is 0 Å². The Morgan fingerprint density at radius 1 is 1.42 bits per heavy atom. The van der Waals surface area contributed by atoms with Crippen LogP contribution in [0.25, 0.3) is 0 Å². The van der Waals surface area contributed by atoms with Crippen molar-refractivity contribution in [1.29, 1.82) is 0 Å². The average Bonchev–Trinajstić information content (AvgIpc) is 2.85. The van der Waals surface area contributed by atoms with E-state index in [1.807, 2.05) is 25.1 Å². The van der Waals surface area contributed by atoms with E-state index in [1.165, 1.54) is 5.56 Å². The summed E-state index contributed by atoms with van der Waals surface area (Å²) in [6.45, 7) is 5.74. The van der Waals surface area contributed by atoms with E-state index in [0.29, 0.717) is 5.75 Å². The molecule has 0 saturated carbocycles. The molecule has 1 heterocycles. The molecule has 0 aromatic heterocycles. The van der Waals surface area contributed by atoms with Crippen LogP contribution in [0.1, 0.15) is 31.9 Å². The van der Waals surface area contributed by atoms with Crippen molar-refractivity contribution < 1.29 is 8.95 Å². The summed E-state index contributed by atoms with van der Waals surface area (Å²) in [5.41, 5.74) is 1.21. The van der Waals surface area contributed by atoms with E-state index in [9.17, 15) is 4.21 Å². The summed E-state index contributed by atoms with van der Waals surface area (Å²) < 4.78 is 18.0. The summed E-state index contributed by atoms with van der Waals surface area (Å²) >= 11 is 0. The maximum atomic E-state index is 12.5. The molecule has 0 aliphatic carbocycles. The minimum Gasteiger partial charge on any atom is -0.377 e. The maximum Gasteiger partial charge on any atom is 0.0691 e. The number of rotatable bonds is 6. The lowest BCUT2D eigenvalue weighted by molar-refractivity contribution is 0.127. The molecule has 1 fully saturated rings. The molecule has 4 unspecified atom stereocenters. The van der Waals surface area contributed by atoms with Crippen molar-refractivity contribution in [3.63, 3.8) is 0 Å². The van der Waals surface area contributed by atoms with Gasteiger partial charge in [0.15, 0.2) is 0 Å². The van der Waals surface area contributed by atoms with Gasteiger partial charge in [-0.3, -0.25) is 4.21 Å². The summed E-state index contributed by atoms with van der Waals surface area (Å²) in [4.78, 5) is 0. The average molecular weight is 281 g/mol. The lowest BCUT2D eigenvalue weighted by Crippen LogP contribution is -2.32. The molecule has 0 radical (unpaired) electrons. The quantitative estimate of drug-likeness (QED) is 0.869. The third kappa shape index (κ3) is 3.88. The van der Waals surface area contributed by atoms with Gasteiger partial charge in [0.05, 0.1) is 11.4 Å². The second-order valence-corrected chi connectivity index (χ2v) is 6.67. The van der Waals surface area contributed by atoms with Crippen LogP contribution in [0.3, 0.4) is 0 Å². The van der Waals surface area contributed by atoms with Gasteiger partial charge in [0.2, 0.25) is 0 Å². The van der Waals surface area contributed by atoms with Crippen molar-refractivity contribution in [3.05, 3.63) is 35.9 Å². The van der Waals surface area contributed by atoms with Crippen molar-refractivity contribution in [2.75, 3.05) is 18.9 Å². The number of hydrogen-bond acceptors (Lipinski definition) is 3. The molecular weight excluding hydrogens is 258 g/mol. The fourth-order valence-electron chi connectivity index (χ4n) is 2.55. The molecule has 1 N–H and O–H groups in total. The zero-order valence-electron chi connectivity index (χ0n) is 11.7. The largest absolute Gasteiger partial charge is 0.377 e. The molecule has 19 heavy (non-hydrogen) atoms. The van der Waals surface area contributed by atoms with E-state index in [2.05, 4.69) is 24.4 Å². The van der Waals surface area contributed by atoms with Gasteiger partial charge in [-0.1, -0.05) is 37.3 Å². The topological polar surface area (TPSA) is 38.3 Å². The van der Waals surface area contributed by atoms with Crippen molar-refractivity contribution in [2.45, 2.75) is 37.7 Å². The third-order valence-corrected chi connectivity index (χ3v) is 5.58. The molecule has 1 saturated heterocycles. The highest BCUT2D eigenvalue weighted by atomic mass is 32.2. The Bertz CT molecular complexity index is 410. The highest BCUT2D eigenvalue weighted by molar-refractivity contribution is 7.85. The summed E-state index contributed by atoms with van der Waals surface area (Å²) in [5.74, 6) is 0.663. The van der Waals surface area contributed by atoms with Gasteiger partial charge >= 0.3 is 0 Å². The predicted octanol–water partition coefficient (Wildman–Crippen LogP) is 2.26. The van der Waals surface area contributed by atoms with Crippen LogP contribution in [0.2, 0.25) is 0 Å². The Balaban J connectivity index is 2.02. The molecule has 1 aromatic rings. The molecule has 1 aliphatic heterocycles. The zero-order chi connectivity index (χ0) is 13.7. The molecule has 106 valence electrons. The molecule has 0 spiro atoms. The van der Waals surface area contributed by atoms with Crippen LogP contribution >= 0.6 is 0 Å². The Labute approximate surface area is 118 Å². The SMILES string of the molecule is CCNC(CS(=O)C1CCOC1C)c1ccccc1. The van der Waals surface area contributed by atoms with E-state index >= 15 is 0 Å². The smallest absolute Gasteiger partial charge is 0.0691 e. The molecule has 0 bridgehead atoms. The summed E-state index contributed by atoms with van der Waals surface area (Å²) in [6.07, 6.45) is 1.04. The third-order valence-electron chi connectivity index (χ3n) is 3.63. The van der Waals surface area contributed by atoms with E-state index in [1.54, 1.807) is 0 Å². The number of ether oxygens (including phenoxy) is 1. The van der Waals surface area contributed by atoms with Crippen molar-refractivity contribution >= 4 is 10.8 Å². The van der Waals surface area contributed by atoms with Crippen molar-refractivity contribution in [1.82, 2.24) is 5.32 Å². The fourth-order valence-corrected chi connectivity index (χ4v) is 4.30. The first-order valence-corrected chi connectivity index (χ1v) is 8.37. The number of hydrogen-bond donors (Lipinski definition) is 1. The number of benzene rings is 1. The van der Waals surface area contributed by atoms with E-state index < -0.39 is 10.8 Å². The maximum absolute atomic E-state index is 12.5. The van der Waals surface area contributed by atoms with Crippen LogP contribution in [0.5, 0.6) is 0 Å².